The second kappa shape index (κ2) is 7.65. The van der Waals surface area contributed by atoms with Gasteiger partial charge in [-0.3, -0.25) is 4.79 Å². The zero-order valence-corrected chi connectivity index (χ0v) is 14.7. The minimum atomic E-state index is -0.115. The fraction of sp³-hybridized carbons (Fsp3) is 0.105. The smallest absolute Gasteiger partial charge is 0.221 e. The lowest BCUT2D eigenvalue weighted by atomic mass is 10.1. The molecule has 1 N–H and O–H groups in total. The number of nitrogens with one attached hydrogen (secondary N) is 1. The largest absolute Gasteiger partial charge is 0.327 e. The van der Waals surface area contributed by atoms with Crippen LogP contribution in [0.5, 0.6) is 0 Å². The van der Waals surface area contributed by atoms with Gasteiger partial charge in [-0.05, 0) is 35.9 Å². The Morgan fingerprint density at radius 1 is 1.20 bits per heavy atom. The Hall–Kier alpha value is -3.10. The summed E-state index contributed by atoms with van der Waals surface area (Å²) in [6.07, 6.45) is 1.79. The molecule has 1 aromatic heterocycles. The Balaban J connectivity index is 0.00000225. The van der Waals surface area contributed by atoms with Crippen LogP contribution in [0.2, 0.25) is 0 Å². The summed E-state index contributed by atoms with van der Waals surface area (Å²) >= 11 is 0. The lowest BCUT2D eigenvalue weighted by molar-refractivity contribution is -0.114. The van der Waals surface area contributed by atoms with Crippen LogP contribution in [0.3, 0.4) is 0 Å². The number of allylic oxidation sites excluding steroid dienone is 1. The van der Waals surface area contributed by atoms with Gasteiger partial charge in [-0.1, -0.05) is 24.3 Å². The van der Waals surface area contributed by atoms with E-state index in [2.05, 4.69) is 16.4 Å². The van der Waals surface area contributed by atoms with Crippen molar-refractivity contribution in [3.8, 4) is 6.07 Å². The monoisotopic (exact) mass is 352 g/mol. The van der Waals surface area contributed by atoms with E-state index in [1.165, 1.54) is 6.92 Å². The molecule has 0 atom stereocenters. The highest BCUT2D eigenvalue weighted by molar-refractivity contribution is 5.92. The molecule has 1 heterocycles. The number of benzene rings is 2. The van der Waals surface area contributed by atoms with Crippen LogP contribution in [0.15, 0.2) is 48.5 Å². The number of amides is 1. The van der Waals surface area contributed by atoms with Crippen LogP contribution in [-0.4, -0.2) is 15.5 Å². The first-order valence-electron chi connectivity index (χ1n) is 7.50. The predicted molar refractivity (Wildman–Crippen MR) is 102 cm³/mol. The molecule has 6 heteroatoms. The second-order valence-electron chi connectivity index (χ2n) is 5.46. The summed E-state index contributed by atoms with van der Waals surface area (Å²) in [5.74, 6) is 0.514. The zero-order chi connectivity index (χ0) is 17.1. The summed E-state index contributed by atoms with van der Waals surface area (Å²) in [7, 11) is 1.90. The molecule has 126 valence electrons. The third-order valence-electron chi connectivity index (χ3n) is 3.69. The summed E-state index contributed by atoms with van der Waals surface area (Å²) in [5.41, 5.74) is 3.92. The van der Waals surface area contributed by atoms with Gasteiger partial charge in [0.15, 0.2) is 5.82 Å². The van der Waals surface area contributed by atoms with Crippen molar-refractivity contribution in [2.45, 2.75) is 6.92 Å². The third kappa shape index (κ3) is 3.87. The van der Waals surface area contributed by atoms with Crippen molar-refractivity contribution < 1.29 is 4.79 Å². The number of aryl methyl sites for hydroxylation is 1. The van der Waals surface area contributed by atoms with E-state index in [1.54, 1.807) is 18.2 Å². The summed E-state index contributed by atoms with van der Waals surface area (Å²) in [5, 5.41) is 12.3. The van der Waals surface area contributed by atoms with Crippen molar-refractivity contribution in [2.75, 3.05) is 5.32 Å². The Labute approximate surface area is 152 Å². The molecule has 25 heavy (non-hydrogen) atoms. The minimum Gasteiger partial charge on any atom is -0.327 e. The maximum atomic E-state index is 11.1. The normalized spacial score (nSPS) is 10.8. The van der Waals surface area contributed by atoms with Gasteiger partial charge in [-0.15, -0.1) is 12.4 Å². The average Bonchev–Trinajstić information content (AvgIpc) is 2.91. The number of nitrogens with zero attached hydrogens (tertiary/aromatic N) is 3. The lowest BCUT2D eigenvalue weighted by Gasteiger charge is -2.03. The van der Waals surface area contributed by atoms with Gasteiger partial charge < -0.3 is 9.88 Å². The Kier molecular flexibility index (Phi) is 5.58. The number of aromatic nitrogens is 2. The molecule has 0 aliphatic heterocycles. The van der Waals surface area contributed by atoms with E-state index in [-0.39, 0.29) is 18.3 Å². The van der Waals surface area contributed by atoms with Crippen molar-refractivity contribution in [1.82, 2.24) is 9.55 Å². The van der Waals surface area contributed by atoms with E-state index in [0.29, 0.717) is 11.4 Å². The molecule has 0 bridgehead atoms. The number of rotatable bonds is 3. The van der Waals surface area contributed by atoms with E-state index >= 15 is 0 Å². The van der Waals surface area contributed by atoms with Crippen LogP contribution in [0, 0.1) is 11.3 Å². The number of fused-ring (bicyclic) bond motifs is 1. The maximum absolute atomic E-state index is 11.1. The molecule has 0 aliphatic rings. The van der Waals surface area contributed by atoms with Crippen molar-refractivity contribution in [1.29, 1.82) is 5.26 Å². The number of halogens is 1. The average molecular weight is 353 g/mol. The predicted octanol–water partition coefficient (Wildman–Crippen LogP) is 4.02. The Morgan fingerprint density at radius 2 is 1.88 bits per heavy atom. The molecule has 3 aromatic rings. The van der Waals surface area contributed by atoms with Crippen LogP contribution in [0.1, 0.15) is 18.3 Å². The van der Waals surface area contributed by atoms with Gasteiger partial charge in [0, 0.05) is 19.7 Å². The topological polar surface area (TPSA) is 70.7 Å². The molecule has 0 aliphatic carbocycles. The van der Waals surface area contributed by atoms with Crippen LogP contribution < -0.4 is 5.32 Å². The fourth-order valence-corrected chi connectivity index (χ4v) is 2.57. The SMILES string of the molecule is CC(=O)Nc1ccc(/C=C(/C#N)c2nc3ccccc3n2C)cc1.Cl. The van der Waals surface area contributed by atoms with E-state index in [0.717, 1.165) is 22.3 Å². The van der Waals surface area contributed by atoms with Gasteiger partial charge in [0.05, 0.1) is 16.6 Å². The van der Waals surface area contributed by atoms with Gasteiger partial charge in [0.25, 0.3) is 0 Å². The Bertz CT molecular complexity index is 981. The molecule has 3 rings (SSSR count). The van der Waals surface area contributed by atoms with E-state index in [9.17, 15) is 10.1 Å². The standard InChI is InChI=1S/C19H16N4O.ClH/c1-13(24)21-16-9-7-14(8-10-16)11-15(12-20)19-22-17-5-3-4-6-18(17)23(19)2;/h3-11H,1-2H3,(H,21,24);1H/b15-11-;. The number of carbonyl (C=O) groups excluding carboxylic acids is 1. The molecule has 0 fully saturated rings. The number of hydrogen-bond donors (Lipinski definition) is 1. The quantitative estimate of drug-likeness (QED) is 0.724. The van der Waals surface area contributed by atoms with Crippen LogP contribution in [0.4, 0.5) is 5.69 Å². The maximum Gasteiger partial charge on any atom is 0.221 e. The Morgan fingerprint density at radius 3 is 2.48 bits per heavy atom. The molecular weight excluding hydrogens is 336 g/mol. The number of anilines is 1. The van der Waals surface area contributed by atoms with Crippen molar-refractivity contribution >= 4 is 46.7 Å². The van der Waals surface area contributed by atoms with E-state index < -0.39 is 0 Å². The van der Waals surface area contributed by atoms with Crippen molar-refractivity contribution in [3.05, 3.63) is 59.9 Å². The van der Waals surface area contributed by atoms with Gasteiger partial charge in [-0.25, -0.2) is 4.98 Å². The first-order chi connectivity index (χ1) is 11.6. The van der Waals surface area contributed by atoms with Crippen molar-refractivity contribution in [3.63, 3.8) is 0 Å². The first-order valence-corrected chi connectivity index (χ1v) is 7.50. The zero-order valence-electron chi connectivity index (χ0n) is 13.9. The number of hydrogen-bond acceptors (Lipinski definition) is 3. The molecule has 5 nitrogen and oxygen atoms in total. The molecule has 0 radical (unpaired) electrons. The third-order valence-corrected chi connectivity index (χ3v) is 3.69. The van der Waals surface area contributed by atoms with Gasteiger partial charge in [0.1, 0.15) is 6.07 Å². The molecular formula is C19H17ClN4O. The first kappa shape index (κ1) is 18.2. The number of para-hydroxylation sites is 2. The molecule has 2 aromatic carbocycles. The van der Waals surface area contributed by atoms with Crippen LogP contribution >= 0.6 is 12.4 Å². The highest BCUT2D eigenvalue weighted by atomic mass is 35.5. The molecule has 0 unspecified atom stereocenters. The summed E-state index contributed by atoms with van der Waals surface area (Å²) < 4.78 is 1.91. The van der Waals surface area contributed by atoms with Crippen LogP contribution in [-0.2, 0) is 11.8 Å². The number of nitriles is 1. The fourth-order valence-electron chi connectivity index (χ4n) is 2.57. The van der Waals surface area contributed by atoms with Gasteiger partial charge >= 0.3 is 0 Å². The lowest BCUT2D eigenvalue weighted by Crippen LogP contribution is -2.05. The highest BCUT2D eigenvalue weighted by Crippen LogP contribution is 2.22. The van der Waals surface area contributed by atoms with Gasteiger partial charge in [-0.2, -0.15) is 5.26 Å². The molecule has 1 amide bonds. The number of imidazole rings is 1. The van der Waals surface area contributed by atoms with E-state index in [4.69, 9.17) is 0 Å². The molecule has 0 spiro atoms. The van der Waals surface area contributed by atoms with Gasteiger partial charge in [0.2, 0.25) is 5.91 Å². The number of carbonyl (C=O) groups is 1. The van der Waals surface area contributed by atoms with E-state index in [1.807, 2.05) is 48.0 Å². The summed E-state index contributed by atoms with van der Waals surface area (Å²) in [6.45, 7) is 1.47. The minimum absolute atomic E-state index is 0. The summed E-state index contributed by atoms with van der Waals surface area (Å²) in [4.78, 5) is 15.6. The summed E-state index contributed by atoms with van der Waals surface area (Å²) in [6, 6.07) is 17.3. The molecule has 0 saturated carbocycles. The second-order valence-corrected chi connectivity index (χ2v) is 5.46. The van der Waals surface area contributed by atoms with Crippen molar-refractivity contribution in [2.24, 2.45) is 7.05 Å². The molecule has 0 saturated heterocycles. The highest BCUT2D eigenvalue weighted by Gasteiger charge is 2.11. The van der Waals surface area contributed by atoms with Crippen LogP contribution in [0.25, 0.3) is 22.7 Å².